The third-order valence-corrected chi connectivity index (χ3v) is 5.59. The van der Waals surface area contributed by atoms with Crippen molar-refractivity contribution >= 4 is 11.9 Å². The van der Waals surface area contributed by atoms with Gasteiger partial charge in [0.15, 0.2) is 0 Å². The average Bonchev–Trinajstić information content (AvgIpc) is 2.82. The lowest BCUT2D eigenvalue weighted by atomic mass is 10.0. The number of carboxylic acids is 1. The fraction of sp³-hybridized carbons (Fsp3) is 0.867. The molecule has 0 radical (unpaired) electrons. The van der Waals surface area contributed by atoms with Crippen molar-refractivity contribution in [2.75, 3.05) is 6.54 Å². The Morgan fingerprint density at radius 2 is 1.63 bits per heavy atom. The van der Waals surface area contributed by atoms with E-state index in [4.69, 9.17) is 0 Å². The molecule has 4 heteroatoms. The lowest BCUT2D eigenvalue weighted by Crippen LogP contribution is -2.46. The minimum absolute atomic E-state index is 0.0283. The van der Waals surface area contributed by atoms with Crippen molar-refractivity contribution in [3.63, 3.8) is 0 Å². The van der Waals surface area contributed by atoms with Crippen LogP contribution in [0.1, 0.15) is 53.4 Å². The van der Waals surface area contributed by atoms with Crippen molar-refractivity contribution in [2.45, 2.75) is 59.4 Å². The van der Waals surface area contributed by atoms with Gasteiger partial charge in [0.05, 0.1) is 0 Å². The van der Waals surface area contributed by atoms with Gasteiger partial charge in [0, 0.05) is 12.5 Å². The van der Waals surface area contributed by atoms with Gasteiger partial charge in [-0.25, -0.2) is 4.79 Å². The molecule has 108 valence electrons. The Balaban J connectivity index is 2.19. The third kappa shape index (κ3) is 2.15. The van der Waals surface area contributed by atoms with E-state index in [2.05, 4.69) is 27.7 Å². The summed E-state index contributed by atoms with van der Waals surface area (Å²) in [5, 5.41) is 9.35. The number of aliphatic carboxylic acids is 1. The quantitative estimate of drug-likeness (QED) is 0.836. The molecule has 1 N–H and O–H groups in total. The SMILES string of the molecule is CC1(C)C(C(=O)N2CCCCCC2C(=O)O)C1(C)C. The van der Waals surface area contributed by atoms with E-state index in [0.717, 1.165) is 19.3 Å². The van der Waals surface area contributed by atoms with Gasteiger partial charge in [-0.05, 0) is 23.7 Å². The summed E-state index contributed by atoms with van der Waals surface area (Å²) < 4.78 is 0. The van der Waals surface area contributed by atoms with E-state index in [0.29, 0.717) is 13.0 Å². The number of carbonyl (C=O) groups is 2. The van der Waals surface area contributed by atoms with Crippen molar-refractivity contribution in [3.8, 4) is 0 Å². The van der Waals surface area contributed by atoms with Crippen LogP contribution >= 0.6 is 0 Å². The van der Waals surface area contributed by atoms with Gasteiger partial charge in [0.25, 0.3) is 0 Å². The lowest BCUT2D eigenvalue weighted by Gasteiger charge is -2.28. The fourth-order valence-corrected chi connectivity index (χ4v) is 3.61. The maximum absolute atomic E-state index is 12.7. The van der Waals surface area contributed by atoms with Crippen LogP contribution < -0.4 is 0 Å². The maximum Gasteiger partial charge on any atom is 0.326 e. The number of likely N-dealkylation sites (tertiary alicyclic amines) is 1. The first kappa shape index (κ1) is 14.4. The van der Waals surface area contributed by atoms with E-state index >= 15 is 0 Å². The Morgan fingerprint density at radius 3 is 2.11 bits per heavy atom. The summed E-state index contributed by atoms with van der Waals surface area (Å²) in [6, 6.07) is -0.623. The van der Waals surface area contributed by atoms with Gasteiger partial charge in [-0.2, -0.15) is 0 Å². The van der Waals surface area contributed by atoms with E-state index in [9.17, 15) is 14.7 Å². The first-order chi connectivity index (χ1) is 8.71. The van der Waals surface area contributed by atoms with Crippen molar-refractivity contribution in [3.05, 3.63) is 0 Å². The largest absolute Gasteiger partial charge is 0.480 e. The van der Waals surface area contributed by atoms with Gasteiger partial charge in [-0.1, -0.05) is 40.5 Å². The zero-order valence-electron chi connectivity index (χ0n) is 12.4. The molecule has 1 aliphatic heterocycles. The van der Waals surface area contributed by atoms with Gasteiger partial charge < -0.3 is 10.0 Å². The molecular formula is C15H25NO3. The minimum atomic E-state index is -0.855. The Labute approximate surface area is 115 Å². The van der Waals surface area contributed by atoms with Crippen LogP contribution in [0.3, 0.4) is 0 Å². The van der Waals surface area contributed by atoms with Gasteiger partial charge in [-0.15, -0.1) is 0 Å². The second-order valence-electron chi connectivity index (χ2n) is 7.11. The van der Waals surface area contributed by atoms with Crippen LogP contribution in [0.25, 0.3) is 0 Å². The smallest absolute Gasteiger partial charge is 0.326 e. The monoisotopic (exact) mass is 267 g/mol. The molecule has 0 aromatic carbocycles. The summed E-state index contributed by atoms with van der Waals surface area (Å²) in [4.78, 5) is 25.8. The molecular weight excluding hydrogens is 242 g/mol. The van der Waals surface area contributed by atoms with E-state index in [-0.39, 0.29) is 22.7 Å². The van der Waals surface area contributed by atoms with Gasteiger partial charge in [0.1, 0.15) is 6.04 Å². The van der Waals surface area contributed by atoms with Crippen LogP contribution in [-0.4, -0.2) is 34.5 Å². The number of carboxylic acid groups (broad SMARTS) is 1. The highest BCUT2D eigenvalue weighted by atomic mass is 16.4. The van der Waals surface area contributed by atoms with Crippen molar-refractivity contribution < 1.29 is 14.7 Å². The van der Waals surface area contributed by atoms with Crippen molar-refractivity contribution in [1.29, 1.82) is 0 Å². The number of carbonyl (C=O) groups excluding carboxylic acids is 1. The summed E-state index contributed by atoms with van der Waals surface area (Å²) >= 11 is 0. The molecule has 4 nitrogen and oxygen atoms in total. The van der Waals surface area contributed by atoms with Gasteiger partial charge in [-0.3, -0.25) is 4.79 Å². The van der Waals surface area contributed by atoms with E-state index < -0.39 is 12.0 Å². The highest BCUT2D eigenvalue weighted by Gasteiger charge is 2.69. The van der Waals surface area contributed by atoms with Crippen LogP contribution in [0.4, 0.5) is 0 Å². The Kier molecular flexibility index (Phi) is 3.40. The summed E-state index contributed by atoms with van der Waals surface area (Å²) in [5.74, 6) is -0.851. The highest BCUT2D eigenvalue weighted by Crippen LogP contribution is 2.68. The Bertz CT molecular complexity index is 386. The number of hydrogen-bond acceptors (Lipinski definition) is 2. The van der Waals surface area contributed by atoms with Crippen LogP contribution in [0.5, 0.6) is 0 Å². The van der Waals surface area contributed by atoms with Gasteiger partial charge in [0.2, 0.25) is 5.91 Å². The zero-order valence-corrected chi connectivity index (χ0v) is 12.4. The van der Waals surface area contributed by atoms with Gasteiger partial charge >= 0.3 is 5.97 Å². The lowest BCUT2D eigenvalue weighted by molar-refractivity contribution is -0.151. The minimum Gasteiger partial charge on any atom is -0.480 e. The predicted octanol–water partition coefficient (Wildman–Crippen LogP) is 2.52. The summed E-state index contributed by atoms with van der Waals surface area (Å²) in [6.45, 7) is 9.00. The summed E-state index contributed by atoms with van der Waals surface area (Å²) in [6.07, 6.45) is 3.43. The molecule has 1 atom stereocenters. The van der Waals surface area contributed by atoms with Crippen LogP contribution in [0.2, 0.25) is 0 Å². The molecule has 0 bridgehead atoms. The highest BCUT2D eigenvalue weighted by molar-refractivity contribution is 5.88. The van der Waals surface area contributed by atoms with Crippen molar-refractivity contribution in [2.24, 2.45) is 16.7 Å². The molecule has 0 aromatic rings. The third-order valence-electron chi connectivity index (χ3n) is 5.59. The molecule has 2 fully saturated rings. The fourth-order valence-electron chi connectivity index (χ4n) is 3.61. The van der Waals surface area contributed by atoms with Crippen LogP contribution in [0.15, 0.2) is 0 Å². The maximum atomic E-state index is 12.7. The molecule has 1 saturated carbocycles. The number of nitrogens with zero attached hydrogens (tertiary/aromatic N) is 1. The van der Waals surface area contributed by atoms with Crippen LogP contribution in [-0.2, 0) is 9.59 Å². The molecule has 1 heterocycles. The first-order valence-corrected chi connectivity index (χ1v) is 7.24. The molecule has 1 aliphatic carbocycles. The van der Waals surface area contributed by atoms with E-state index in [1.807, 2.05) is 0 Å². The van der Waals surface area contributed by atoms with Crippen molar-refractivity contribution in [1.82, 2.24) is 4.90 Å². The number of hydrogen-bond donors (Lipinski definition) is 1. The first-order valence-electron chi connectivity index (χ1n) is 7.24. The van der Waals surface area contributed by atoms with E-state index in [1.165, 1.54) is 0 Å². The second kappa shape index (κ2) is 4.50. The molecule has 1 saturated heterocycles. The molecule has 1 amide bonds. The molecule has 2 aliphatic rings. The molecule has 19 heavy (non-hydrogen) atoms. The molecule has 0 spiro atoms. The summed E-state index contributed by atoms with van der Waals surface area (Å²) in [7, 11) is 0. The molecule has 2 rings (SSSR count). The number of amides is 1. The standard InChI is InChI=1S/C15H25NO3/c1-14(2)11(15(14,3)4)12(17)16-9-7-5-6-8-10(16)13(18)19/h10-11H,5-9H2,1-4H3,(H,18,19). The topological polar surface area (TPSA) is 57.6 Å². The average molecular weight is 267 g/mol. The van der Waals surface area contributed by atoms with Crippen LogP contribution in [0, 0.1) is 16.7 Å². The molecule has 0 aromatic heterocycles. The number of rotatable bonds is 2. The summed E-state index contributed by atoms with van der Waals surface area (Å²) in [5.41, 5.74) is -0.0567. The van der Waals surface area contributed by atoms with E-state index in [1.54, 1.807) is 4.90 Å². The normalized spacial score (nSPS) is 29.7. The zero-order chi connectivity index (χ0) is 14.4. The Hall–Kier alpha value is -1.06. The predicted molar refractivity (Wildman–Crippen MR) is 72.7 cm³/mol. The Morgan fingerprint density at radius 1 is 1.05 bits per heavy atom. The second-order valence-corrected chi connectivity index (χ2v) is 7.11. The molecule has 1 unspecified atom stereocenters.